The van der Waals surface area contributed by atoms with Crippen LogP contribution in [0.4, 0.5) is 10.5 Å². The maximum atomic E-state index is 12.5. The molecule has 2 aromatic carbocycles. The van der Waals surface area contributed by atoms with Gasteiger partial charge in [-0.1, -0.05) is 29.8 Å². The van der Waals surface area contributed by atoms with Crippen LogP contribution < -0.4 is 15.4 Å². The van der Waals surface area contributed by atoms with E-state index in [1.165, 1.54) is 0 Å². The molecular formula is C20H22N4O2. The number of carbonyl (C=O) groups excluding carboxylic acids is 1. The summed E-state index contributed by atoms with van der Waals surface area (Å²) in [6.07, 6.45) is 3.57. The van der Waals surface area contributed by atoms with E-state index in [1.54, 1.807) is 13.3 Å². The van der Waals surface area contributed by atoms with Gasteiger partial charge >= 0.3 is 6.03 Å². The molecule has 0 bridgehead atoms. The molecule has 1 heterocycles. The molecule has 0 aliphatic rings. The predicted molar refractivity (Wildman–Crippen MR) is 101 cm³/mol. The molecule has 1 unspecified atom stereocenters. The molecule has 3 rings (SSSR count). The third-order valence-corrected chi connectivity index (χ3v) is 4.15. The average molecular weight is 350 g/mol. The Morgan fingerprint density at radius 1 is 1.12 bits per heavy atom. The van der Waals surface area contributed by atoms with Crippen LogP contribution in [0.15, 0.2) is 60.9 Å². The van der Waals surface area contributed by atoms with E-state index in [1.807, 2.05) is 73.3 Å². The molecule has 1 atom stereocenters. The Bertz CT molecular complexity index is 870. The minimum atomic E-state index is -0.383. The highest BCUT2D eigenvalue weighted by Crippen LogP contribution is 2.23. The molecule has 0 saturated carbocycles. The smallest absolute Gasteiger partial charge is 0.320 e. The average Bonchev–Trinajstić information content (AvgIpc) is 3.07. The van der Waals surface area contributed by atoms with Crippen LogP contribution in [0.1, 0.15) is 23.0 Å². The lowest BCUT2D eigenvalue weighted by Gasteiger charge is -2.20. The zero-order chi connectivity index (χ0) is 18.5. The van der Waals surface area contributed by atoms with E-state index < -0.39 is 0 Å². The number of imidazole rings is 1. The first-order valence-electron chi connectivity index (χ1n) is 8.32. The highest BCUT2D eigenvalue weighted by molar-refractivity contribution is 5.89. The van der Waals surface area contributed by atoms with Crippen molar-refractivity contribution in [3.8, 4) is 5.75 Å². The number of nitrogens with zero attached hydrogens (tertiary/aromatic N) is 2. The first-order chi connectivity index (χ1) is 12.6. The molecule has 134 valence electrons. The monoisotopic (exact) mass is 350 g/mol. The highest BCUT2D eigenvalue weighted by atomic mass is 16.5. The van der Waals surface area contributed by atoms with E-state index in [2.05, 4.69) is 15.6 Å². The van der Waals surface area contributed by atoms with Crippen molar-refractivity contribution in [3.63, 3.8) is 0 Å². The first-order valence-corrected chi connectivity index (χ1v) is 8.32. The number of amides is 2. The van der Waals surface area contributed by atoms with Gasteiger partial charge in [0.2, 0.25) is 0 Å². The third-order valence-electron chi connectivity index (χ3n) is 4.15. The Hall–Kier alpha value is -3.28. The normalized spacial score (nSPS) is 11.7. The fourth-order valence-electron chi connectivity index (χ4n) is 2.68. The zero-order valence-corrected chi connectivity index (χ0v) is 15.1. The summed E-state index contributed by atoms with van der Waals surface area (Å²) < 4.78 is 7.10. The van der Waals surface area contributed by atoms with Gasteiger partial charge in [0.1, 0.15) is 17.6 Å². The molecule has 6 nitrogen and oxygen atoms in total. The number of aryl methyl sites for hydroxylation is 2. The Morgan fingerprint density at radius 3 is 2.38 bits per heavy atom. The van der Waals surface area contributed by atoms with Crippen molar-refractivity contribution in [2.24, 2.45) is 7.05 Å². The fraction of sp³-hybridized carbons (Fsp3) is 0.200. The number of nitrogens with one attached hydrogen (secondary N) is 2. The van der Waals surface area contributed by atoms with Gasteiger partial charge in [-0.15, -0.1) is 0 Å². The molecule has 0 aliphatic carbocycles. The van der Waals surface area contributed by atoms with Gasteiger partial charge < -0.3 is 19.9 Å². The molecule has 2 N–H and O–H groups in total. The summed E-state index contributed by atoms with van der Waals surface area (Å²) >= 11 is 0. The second kappa shape index (κ2) is 7.74. The quantitative estimate of drug-likeness (QED) is 0.738. The number of benzene rings is 2. The van der Waals surface area contributed by atoms with Crippen LogP contribution in [-0.2, 0) is 7.05 Å². The van der Waals surface area contributed by atoms with Crippen molar-refractivity contribution in [1.29, 1.82) is 0 Å². The summed E-state index contributed by atoms with van der Waals surface area (Å²) in [5.74, 6) is 1.51. The van der Waals surface area contributed by atoms with Crippen LogP contribution in [0, 0.1) is 6.92 Å². The van der Waals surface area contributed by atoms with Gasteiger partial charge in [0, 0.05) is 25.1 Å². The Kier molecular flexibility index (Phi) is 5.22. The topological polar surface area (TPSA) is 68.2 Å². The standard InChI is InChI=1S/C20H22N4O2/c1-14-4-8-16(9-5-14)22-20(25)23-18(19-21-12-13-24(19)2)15-6-10-17(26-3)11-7-15/h4-13,18H,1-3H3,(H2,22,23,25). The van der Waals surface area contributed by atoms with E-state index in [-0.39, 0.29) is 12.1 Å². The Morgan fingerprint density at radius 2 is 1.81 bits per heavy atom. The predicted octanol–water partition coefficient (Wildman–Crippen LogP) is 3.65. The lowest BCUT2D eigenvalue weighted by atomic mass is 10.1. The second-order valence-corrected chi connectivity index (χ2v) is 6.07. The minimum absolute atomic E-state index is 0.294. The number of ether oxygens (including phenoxy) is 1. The van der Waals surface area contributed by atoms with Crippen molar-refractivity contribution in [2.75, 3.05) is 12.4 Å². The summed E-state index contributed by atoms with van der Waals surface area (Å²) in [5, 5.41) is 5.86. The first kappa shape index (κ1) is 17.5. The summed E-state index contributed by atoms with van der Waals surface area (Å²) in [5.41, 5.74) is 2.79. The fourth-order valence-corrected chi connectivity index (χ4v) is 2.68. The van der Waals surface area contributed by atoms with Gasteiger partial charge in [-0.2, -0.15) is 0 Å². The van der Waals surface area contributed by atoms with E-state index in [0.717, 1.165) is 28.4 Å². The van der Waals surface area contributed by atoms with Gasteiger partial charge in [-0.05, 0) is 36.8 Å². The molecule has 0 radical (unpaired) electrons. The van der Waals surface area contributed by atoms with E-state index in [0.29, 0.717) is 0 Å². The molecule has 0 saturated heterocycles. The summed E-state index contributed by atoms with van der Waals surface area (Å²) in [7, 11) is 3.52. The van der Waals surface area contributed by atoms with Crippen molar-refractivity contribution in [3.05, 3.63) is 77.9 Å². The van der Waals surface area contributed by atoms with E-state index >= 15 is 0 Å². The number of hydrogen-bond donors (Lipinski definition) is 2. The lowest BCUT2D eigenvalue weighted by Crippen LogP contribution is -2.34. The molecule has 2 amide bonds. The van der Waals surface area contributed by atoms with Crippen molar-refractivity contribution < 1.29 is 9.53 Å². The molecule has 1 aromatic heterocycles. The van der Waals surface area contributed by atoms with Gasteiger partial charge in [-0.3, -0.25) is 0 Å². The van der Waals surface area contributed by atoms with E-state index in [4.69, 9.17) is 4.74 Å². The molecule has 6 heteroatoms. The van der Waals surface area contributed by atoms with Crippen molar-refractivity contribution in [2.45, 2.75) is 13.0 Å². The number of methoxy groups -OCH3 is 1. The lowest BCUT2D eigenvalue weighted by molar-refractivity contribution is 0.249. The summed E-state index contributed by atoms with van der Waals surface area (Å²) in [4.78, 5) is 16.9. The van der Waals surface area contributed by atoms with Crippen LogP contribution in [0.5, 0.6) is 5.75 Å². The number of hydrogen-bond acceptors (Lipinski definition) is 3. The number of urea groups is 1. The highest BCUT2D eigenvalue weighted by Gasteiger charge is 2.21. The molecular weight excluding hydrogens is 328 g/mol. The number of aromatic nitrogens is 2. The molecule has 0 spiro atoms. The van der Waals surface area contributed by atoms with Crippen LogP contribution >= 0.6 is 0 Å². The number of carbonyl (C=O) groups is 1. The Balaban J connectivity index is 1.82. The van der Waals surface area contributed by atoms with Gasteiger partial charge in [0.25, 0.3) is 0 Å². The SMILES string of the molecule is COc1ccc(C(NC(=O)Nc2ccc(C)cc2)c2nccn2C)cc1. The molecule has 3 aromatic rings. The number of rotatable bonds is 5. The largest absolute Gasteiger partial charge is 0.497 e. The molecule has 26 heavy (non-hydrogen) atoms. The van der Waals surface area contributed by atoms with E-state index in [9.17, 15) is 4.79 Å². The zero-order valence-electron chi connectivity index (χ0n) is 15.1. The van der Waals surface area contributed by atoms with Crippen LogP contribution in [0.2, 0.25) is 0 Å². The summed E-state index contributed by atoms with van der Waals surface area (Å²) in [6, 6.07) is 14.6. The van der Waals surface area contributed by atoms with Crippen LogP contribution in [-0.4, -0.2) is 22.7 Å². The molecule has 0 fully saturated rings. The van der Waals surface area contributed by atoms with Gasteiger partial charge in [0.05, 0.1) is 7.11 Å². The van der Waals surface area contributed by atoms with Gasteiger partial charge in [-0.25, -0.2) is 9.78 Å². The van der Waals surface area contributed by atoms with Gasteiger partial charge in [0.15, 0.2) is 0 Å². The summed E-state index contributed by atoms with van der Waals surface area (Å²) in [6.45, 7) is 2.00. The Labute approximate surface area is 152 Å². The molecule has 0 aliphatic heterocycles. The van der Waals surface area contributed by atoms with Crippen molar-refractivity contribution in [1.82, 2.24) is 14.9 Å². The number of anilines is 1. The van der Waals surface area contributed by atoms with Crippen LogP contribution in [0.3, 0.4) is 0 Å². The van der Waals surface area contributed by atoms with Crippen molar-refractivity contribution >= 4 is 11.7 Å². The third kappa shape index (κ3) is 4.03. The maximum Gasteiger partial charge on any atom is 0.320 e. The second-order valence-electron chi connectivity index (χ2n) is 6.07. The van der Waals surface area contributed by atoms with Crippen LogP contribution in [0.25, 0.3) is 0 Å². The minimum Gasteiger partial charge on any atom is -0.497 e. The maximum absolute atomic E-state index is 12.5.